The number of fused-ring (bicyclic) bond motifs is 3. The van der Waals surface area contributed by atoms with E-state index in [-0.39, 0.29) is 10.5 Å². The van der Waals surface area contributed by atoms with Gasteiger partial charge in [0.15, 0.2) is 0 Å². The second-order valence-corrected chi connectivity index (χ2v) is 5.96. The first kappa shape index (κ1) is 12.4. The Hall–Kier alpha value is -1.65. The number of aromatic nitrogens is 1. The maximum atomic E-state index is 11.2. The molecule has 0 saturated carbocycles. The number of aromatic amines is 1. The zero-order valence-electron chi connectivity index (χ0n) is 11.4. The van der Waals surface area contributed by atoms with Crippen LogP contribution in [0.3, 0.4) is 0 Å². The van der Waals surface area contributed by atoms with Crippen LogP contribution < -0.4 is 10.2 Å². The molecule has 0 bridgehead atoms. The molecule has 0 aliphatic heterocycles. The van der Waals surface area contributed by atoms with Gasteiger partial charge in [-0.1, -0.05) is 0 Å². The summed E-state index contributed by atoms with van der Waals surface area (Å²) >= 11 is 0. The summed E-state index contributed by atoms with van der Waals surface area (Å²) in [6.45, 7) is 0. The number of H-pyrrole nitrogens is 1. The Labute approximate surface area is 112 Å². The molecule has 1 heterocycles. The highest BCUT2D eigenvalue weighted by Gasteiger charge is 2.23. The molecule has 100 valence electrons. The van der Waals surface area contributed by atoms with Crippen LogP contribution >= 0.6 is 0 Å². The highest BCUT2D eigenvalue weighted by Crippen LogP contribution is 2.32. The average Bonchev–Trinajstić information content (AvgIpc) is 2.76. The molecule has 4 nitrogen and oxygen atoms in total. The lowest BCUT2D eigenvalue weighted by Gasteiger charge is -2.21. The van der Waals surface area contributed by atoms with E-state index in [0.29, 0.717) is 0 Å². The monoisotopic (exact) mass is 258 g/mol. The first-order valence-electron chi connectivity index (χ1n) is 6.71. The third-order valence-electron chi connectivity index (χ3n) is 4.14. The van der Waals surface area contributed by atoms with Crippen molar-refractivity contribution in [2.75, 3.05) is 14.1 Å². The van der Waals surface area contributed by atoms with Gasteiger partial charge in [0.1, 0.15) is 5.69 Å². The highest BCUT2D eigenvalue weighted by molar-refractivity contribution is 5.89. The number of quaternary nitrogens is 1. The zero-order chi connectivity index (χ0) is 13.6. The van der Waals surface area contributed by atoms with Gasteiger partial charge in [0.2, 0.25) is 0 Å². The number of carbonyl (C=O) groups excluding carboxylic acids is 1. The molecule has 3 rings (SSSR count). The molecule has 0 radical (unpaired) electrons. The van der Waals surface area contributed by atoms with E-state index in [4.69, 9.17) is 5.73 Å². The molecular formula is C15H20N3O+. The number of benzene rings is 1. The summed E-state index contributed by atoms with van der Waals surface area (Å²) in [6.07, 6.45) is 3.94. The third kappa shape index (κ3) is 1.97. The fourth-order valence-corrected chi connectivity index (χ4v) is 2.85. The zero-order valence-corrected chi connectivity index (χ0v) is 11.4. The second-order valence-electron chi connectivity index (χ2n) is 5.96. The van der Waals surface area contributed by atoms with Crippen LogP contribution in [0.4, 0.5) is 5.69 Å². The van der Waals surface area contributed by atoms with Gasteiger partial charge in [-0.2, -0.15) is 0 Å². The van der Waals surface area contributed by atoms with Gasteiger partial charge in [-0.15, -0.1) is 0 Å². The molecule has 1 aromatic heterocycles. The molecule has 2 aromatic rings. The van der Waals surface area contributed by atoms with E-state index in [1.807, 2.05) is 20.2 Å². The standard InChI is InChI=1S/C15H20N3O/c1-18(2,9-19)11-4-6-15-13(8-11)12-7-10(16)3-5-14(12)17-15/h4,6,8-10,17H,3,5,7,16H2,1-2H3/q+1. The van der Waals surface area contributed by atoms with Crippen LogP contribution in [-0.2, 0) is 17.6 Å². The fraction of sp³-hybridized carbons (Fsp3) is 0.400. The average molecular weight is 258 g/mol. The minimum absolute atomic E-state index is 0.238. The van der Waals surface area contributed by atoms with Crippen molar-refractivity contribution in [2.45, 2.75) is 25.3 Å². The van der Waals surface area contributed by atoms with Gasteiger partial charge >= 0.3 is 6.41 Å². The van der Waals surface area contributed by atoms with E-state index in [1.165, 1.54) is 16.6 Å². The van der Waals surface area contributed by atoms with E-state index in [1.54, 1.807) is 0 Å². The lowest BCUT2D eigenvalue weighted by molar-refractivity contribution is -0.115. The molecular weight excluding hydrogens is 238 g/mol. The highest BCUT2D eigenvalue weighted by atomic mass is 16.1. The Morgan fingerprint density at radius 3 is 2.95 bits per heavy atom. The Bertz CT molecular complexity index is 642. The predicted octanol–water partition coefficient (Wildman–Crippen LogP) is 1.71. The molecule has 0 fully saturated rings. The molecule has 1 unspecified atom stereocenters. The minimum atomic E-state index is 0.238. The number of amides is 1. The molecule has 3 N–H and O–H groups in total. The summed E-state index contributed by atoms with van der Waals surface area (Å²) in [7, 11) is 3.78. The number of nitrogens with one attached hydrogen (secondary N) is 1. The smallest absolute Gasteiger partial charge is 0.306 e. The van der Waals surface area contributed by atoms with Gasteiger partial charge in [0, 0.05) is 34.8 Å². The normalized spacial score (nSPS) is 19.4. The molecule has 1 aliphatic carbocycles. The van der Waals surface area contributed by atoms with Crippen LogP contribution in [0.1, 0.15) is 17.7 Å². The number of hydrogen-bond acceptors (Lipinski definition) is 2. The summed E-state index contributed by atoms with van der Waals surface area (Å²) in [4.78, 5) is 14.7. The molecule has 0 saturated heterocycles. The Balaban J connectivity index is 2.17. The van der Waals surface area contributed by atoms with E-state index in [0.717, 1.165) is 36.9 Å². The second kappa shape index (κ2) is 4.18. The van der Waals surface area contributed by atoms with Crippen molar-refractivity contribution in [3.63, 3.8) is 0 Å². The topological polar surface area (TPSA) is 58.9 Å². The van der Waals surface area contributed by atoms with Crippen molar-refractivity contribution < 1.29 is 4.79 Å². The third-order valence-corrected chi connectivity index (χ3v) is 4.14. The molecule has 0 spiro atoms. The van der Waals surface area contributed by atoms with Gasteiger partial charge < -0.3 is 10.7 Å². The van der Waals surface area contributed by atoms with Crippen molar-refractivity contribution in [2.24, 2.45) is 5.73 Å². The SMILES string of the molecule is C[N+](C)(C=O)c1ccc2[nH]c3c(c2c1)CC(N)CC3. The Morgan fingerprint density at radius 1 is 1.42 bits per heavy atom. The summed E-state index contributed by atoms with van der Waals surface area (Å²) in [5.41, 5.74) is 10.9. The first-order valence-corrected chi connectivity index (χ1v) is 6.71. The van der Waals surface area contributed by atoms with Gasteiger partial charge in [-0.3, -0.25) is 0 Å². The Kier molecular flexibility index (Phi) is 2.73. The fourth-order valence-electron chi connectivity index (χ4n) is 2.85. The van der Waals surface area contributed by atoms with Crippen molar-refractivity contribution in [3.8, 4) is 0 Å². The van der Waals surface area contributed by atoms with E-state index in [2.05, 4.69) is 17.1 Å². The predicted molar refractivity (Wildman–Crippen MR) is 78.0 cm³/mol. The van der Waals surface area contributed by atoms with Crippen molar-refractivity contribution in [1.82, 2.24) is 9.47 Å². The lowest BCUT2D eigenvalue weighted by atomic mass is 9.92. The lowest BCUT2D eigenvalue weighted by Crippen LogP contribution is -2.38. The number of nitrogens with two attached hydrogens (primary N) is 1. The summed E-state index contributed by atoms with van der Waals surface area (Å²) in [5.74, 6) is 0. The van der Waals surface area contributed by atoms with Gasteiger partial charge in [0.25, 0.3) is 0 Å². The molecule has 1 atom stereocenters. The van der Waals surface area contributed by atoms with Crippen LogP contribution in [0.15, 0.2) is 18.2 Å². The van der Waals surface area contributed by atoms with Crippen LogP contribution in [-0.4, -0.2) is 31.5 Å². The molecule has 1 amide bonds. The minimum Gasteiger partial charge on any atom is -0.358 e. The van der Waals surface area contributed by atoms with Crippen LogP contribution in [0.25, 0.3) is 10.9 Å². The largest absolute Gasteiger partial charge is 0.358 e. The molecule has 19 heavy (non-hydrogen) atoms. The van der Waals surface area contributed by atoms with E-state index >= 15 is 0 Å². The van der Waals surface area contributed by atoms with Crippen LogP contribution in [0, 0.1) is 0 Å². The maximum absolute atomic E-state index is 11.2. The molecule has 4 heteroatoms. The van der Waals surface area contributed by atoms with E-state index in [9.17, 15) is 4.79 Å². The van der Waals surface area contributed by atoms with Crippen molar-refractivity contribution in [1.29, 1.82) is 0 Å². The van der Waals surface area contributed by atoms with Gasteiger partial charge in [0.05, 0.1) is 14.1 Å². The quantitative estimate of drug-likeness (QED) is 0.636. The van der Waals surface area contributed by atoms with E-state index < -0.39 is 0 Å². The number of aryl methyl sites for hydroxylation is 1. The van der Waals surface area contributed by atoms with Gasteiger partial charge in [-0.05, 0) is 30.9 Å². The summed E-state index contributed by atoms with van der Waals surface area (Å²) in [5, 5.41) is 1.22. The molecule has 1 aliphatic rings. The Morgan fingerprint density at radius 2 is 2.21 bits per heavy atom. The number of rotatable bonds is 2. The number of carbonyl (C=O) groups is 1. The number of nitrogens with zero attached hydrogens (tertiary/aromatic N) is 1. The van der Waals surface area contributed by atoms with Crippen molar-refractivity contribution >= 4 is 23.0 Å². The number of hydrogen-bond donors (Lipinski definition) is 2. The first-order chi connectivity index (χ1) is 9.01. The summed E-state index contributed by atoms with van der Waals surface area (Å²) in [6, 6.07) is 6.46. The molecule has 1 aromatic carbocycles. The van der Waals surface area contributed by atoms with Crippen LogP contribution in [0.2, 0.25) is 0 Å². The van der Waals surface area contributed by atoms with Gasteiger partial charge in [-0.25, -0.2) is 9.28 Å². The maximum Gasteiger partial charge on any atom is 0.306 e. The summed E-state index contributed by atoms with van der Waals surface area (Å²) < 4.78 is 0.238. The van der Waals surface area contributed by atoms with Crippen LogP contribution in [0.5, 0.6) is 0 Å². The van der Waals surface area contributed by atoms with Crippen molar-refractivity contribution in [3.05, 3.63) is 29.5 Å².